The fraction of sp³-hybridized carbons (Fsp3) is 0.167. The highest BCUT2D eigenvalue weighted by Crippen LogP contribution is 2.26. The van der Waals surface area contributed by atoms with Crippen LogP contribution in [-0.4, -0.2) is 54.4 Å². The molecule has 0 spiro atoms. The maximum Gasteiger partial charge on any atom is 0.412 e. The highest BCUT2D eigenvalue weighted by atomic mass is 19.1. The summed E-state index contributed by atoms with van der Waals surface area (Å²) in [6, 6.07) is 10.8. The monoisotopic (exact) mass is 479 g/mol. The van der Waals surface area contributed by atoms with Gasteiger partial charge in [-0.1, -0.05) is 0 Å². The molecule has 4 rings (SSSR count). The lowest BCUT2D eigenvalue weighted by Crippen LogP contribution is -2.33. The van der Waals surface area contributed by atoms with Crippen LogP contribution in [0.4, 0.5) is 20.7 Å². The van der Waals surface area contributed by atoms with Crippen molar-refractivity contribution in [3.8, 4) is 17.0 Å². The summed E-state index contributed by atoms with van der Waals surface area (Å²) in [5.41, 5.74) is 2.87. The standard InChI is InChI=1S/C24H22FN5O5/c1-33-14-30(23(31)15-4-7-18(25)20(10-15)34-2)17-6-9-22-27-12-19(29(22)13-17)16-5-8-21(26-11-16)28-24(32)35-3/h4-13H,14H2,1-3H3,(H,26,28,32). The zero-order valence-corrected chi connectivity index (χ0v) is 19.2. The molecule has 1 aromatic carbocycles. The summed E-state index contributed by atoms with van der Waals surface area (Å²) in [6.07, 6.45) is 4.39. The topological polar surface area (TPSA) is 107 Å². The van der Waals surface area contributed by atoms with E-state index in [1.54, 1.807) is 47.3 Å². The number of carbonyl (C=O) groups is 2. The summed E-state index contributed by atoms with van der Waals surface area (Å²) in [7, 11) is 4.08. The number of carbonyl (C=O) groups excluding carboxylic acids is 2. The minimum absolute atomic E-state index is 0.0294. The van der Waals surface area contributed by atoms with Gasteiger partial charge in [0.15, 0.2) is 11.6 Å². The van der Waals surface area contributed by atoms with Crippen LogP contribution >= 0.6 is 0 Å². The molecule has 3 aromatic heterocycles. The van der Waals surface area contributed by atoms with E-state index in [-0.39, 0.29) is 18.0 Å². The lowest BCUT2D eigenvalue weighted by atomic mass is 10.1. The fourth-order valence-electron chi connectivity index (χ4n) is 3.45. The van der Waals surface area contributed by atoms with Crippen molar-refractivity contribution < 1.29 is 28.2 Å². The van der Waals surface area contributed by atoms with Crippen LogP contribution in [0, 0.1) is 5.82 Å². The predicted octanol–water partition coefficient (Wildman–Crippen LogP) is 3.97. The number of nitrogens with one attached hydrogen (secondary N) is 1. The van der Waals surface area contributed by atoms with Gasteiger partial charge in [-0.2, -0.15) is 0 Å². The summed E-state index contributed by atoms with van der Waals surface area (Å²) >= 11 is 0. The molecule has 0 unspecified atom stereocenters. The van der Waals surface area contributed by atoms with Crippen molar-refractivity contribution in [3.63, 3.8) is 0 Å². The molecule has 0 bridgehead atoms. The van der Waals surface area contributed by atoms with Crippen LogP contribution in [0.1, 0.15) is 10.4 Å². The summed E-state index contributed by atoms with van der Waals surface area (Å²) in [4.78, 5) is 34.7. The number of imidazole rings is 1. The lowest BCUT2D eigenvalue weighted by Gasteiger charge is -2.22. The van der Waals surface area contributed by atoms with Crippen molar-refractivity contribution in [3.05, 3.63) is 72.4 Å². The van der Waals surface area contributed by atoms with Crippen LogP contribution in [0.5, 0.6) is 5.75 Å². The Morgan fingerprint density at radius 2 is 1.89 bits per heavy atom. The third-order valence-electron chi connectivity index (χ3n) is 5.18. The van der Waals surface area contributed by atoms with Crippen molar-refractivity contribution in [2.24, 2.45) is 0 Å². The number of pyridine rings is 2. The van der Waals surface area contributed by atoms with E-state index in [1.807, 2.05) is 0 Å². The summed E-state index contributed by atoms with van der Waals surface area (Å²) in [6.45, 7) is -0.0382. The van der Waals surface area contributed by atoms with Gasteiger partial charge in [0.1, 0.15) is 18.2 Å². The molecule has 4 aromatic rings. The number of nitrogens with zero attached hydrogens (tertiary/aromatic N) is 4. The van der Waals surface area contributed by atoms with Gasteiger partial charge in [0.05, 0.1) is 31.8 Å². The van der Waals surface area contributed by atoms with E-state index in [0.29, 0.717) is 22.8 Å². The molecule has 0 aliphatic carbocycles. The number of hydrogen-bond acceptors (Lipinski definition) is 7. The number of halogens is 1. The normalized spacial score (nSPS) is 10.7. The van der Waals surface area contributed by atoms with Crippen LogP contribution in [0.25, 0.3) is 16.9 Å². The van der Waals surface area contributed by atoms with Crippen LogP contribution in [0.3, 0.4) is 0 Å². The Kier molecular flexibility index (Phi) is 6.88. The molecule has 180 valence electrons. The van der Waals surface area contributed by atoms with Crippen LogP contribution in [-0.2, 0) is 9.47 Å². The van der Waals surface area contributed by atoms with Crippen molar-refractivity contribution in [2.45, 2.75) is 0 Å². The predicted molar refractivity (Wildman–Crippen MR) is 126 cm³/mol. The average Bonchev–Trinajstić information content (AvgIpc) is 3.31. The van der Waals surface area contributed by atoms with Gasteiger partial charge in [-0.3, -0.25) is 19.4 Å². The molecule has 0 atom stereocenters. The van der Waals surface area contributed by atoms with Gasteiger partial charge < -0.3 is 14.2 Å². The van der Waals surface area contributed by atoms with Gasteiger partial charge in [0.25, 0.3) is 5.91 Å². The molecular formula is C24H22FN5O5. The quantitative estimate of drug-likeness (QED) is 0.400. The first-order chi connectivity index (χ1) is 16.9. The lowest BCUT2D eigenvalue weighted by molar-refractivity contribution is 0.0936. The summed E-state index contributed by atoms with van der Waals surface area (Å²) in [5.74, 6) is -0.654. The SMILES string of the molecule is COCN(C(=O)c1ccc(F)c(OC)c1)c1ccc2ncc(-c3ccc(NC(=O)OC)nc3)n2c1. The molecule has 0 aliphatic rings. The third kappa shape index (κ3) is 4.89. The Morgan fingerprint density at radius 1 is 1.06 bits per heavy atom. The number of benzene rings is 1. The van der Waals surface area contributed by atoms with E-state index in [9.17, 15) is 14.0 Å². The van der Waals surface area contributed by atoms with Crippen molar-refractivity contribution in [2.75, 3.05) is 38.3 Å². The molecule has 0 radical (unpaired) electrons. The van der Waals surface area contributed by atoms with Crippen molar-refractivity contribution in [1.82, 2.24) is 14.4 Å². The Labute approximate surface area is 199 Å². The zero-order chi connectivity index (χ0) is 24.9. The number of amides is 2. The molecule has 11 heteroatoms. The van der Waals surface area contributed by atoms with E-state index >= 15 is 0 Å². The Morgan fingerprint density at radius 3 is 2.57 bits per heavy atom. The second-order valence-corrected chi connectivity index (χ2v) is 7.31. The first-order valence-electron chi connectivity index (χ1n) is 10.4. The number of rotatable bonds is 7. The molecule has 0 fully saturated rings. The second-order valence-electron chi connectivity index (χ2n) is 7.31. The van der Waals surface area contributed by atoms with Gasteiger partial charge >= 0.3 is 6.09 Å². The number of anilines is 2. The van der Waals surface area contributed by atoms with Crippen molar-refractivity contribution in [1.29, 1.82) is 0 Å². The third-order valence-corrected chi connectivity index (χ3v) is 5.18. The molecule has 0 saturated carbocycles. The fourth-order valence-corrected chi connectivity index (χ4v) is 3.45. The van der Waals surface area contributed by atoms with E-state index < -0.39 is 17.8 Å². The molecule has 0 aliphatic heterocycles. The Bertz CT molecular complexity index is 1370. The zero-order valence-electron chi connectivity index (χ0n) is 19.2. The van der Waals surface area contributed by atoms with Gasteiger partial charge in [0, 0.05) is 30.6 Å². The summed E-state index contributed by atoms with van der Waals surface area (Å²) in [5, 5.41) is 2.49. The van der Waals surface area contributed by atoms with Gasteiger partial charge in [0.2, 0.25) is 0 Å². The van der Waals surface area contributed by atoms with Crippen LogP contribution < -0.4 is 15.0 Å². The van der Waals surface area contributed by atoms with Gasteiger partial charge in [-0.05, 0) is 42.5 Å². The molecular weight excluding hydrogens is 457 g/mol. The molecule has 3 heterocycles. The first-order valence-corrected chi connectivity index (χ1v) is 10.4. The average molecular weight is 479 g/mol. The number of ether oxygens (including phenoxy) is 3. The number of hydrogen-bond donors (Lipinski definition) is 1. The van der Waals surface area contributed by atoms with Crippen LogP contribution in [0.15, 0.2) is 61.1 Å². The maximum absolute atomic E-state index is 13.8. The van der Waals surface area contributed by atoms with E-state index in [1.165, 1.54) is 44.4 Å². The van der Waals surface area contributed by atoms with E-state index in [2.05, 4.69) is 20.0 Å². The molecule has 0 saturated heterocycles. The smallest absolute Gasteiger partial charge is 0.412 e. The summed E-state index contributed by atoms with van der Waals surface area (Å²) < 4.78 is 30.5. The Balaban J connectivity index is 1.69. The largest absolute Gasteiger partial charge is 0.494 e. The minimum Gasteiger partial charge on any atom is -0.494 e. The minimum atomic E-state index is -0.619. The van der Waals surface area contributed by atoms with E-state index in [0.717, 1.165) is 5.56 Å². The highest BCUT2D eigenvalue weighted by molar-refractivity contribution is 6.06. The molecule has 10 nitrogen and oxygen atoms in total. The highest BCUT2D eigenvalue weighted by Gasteiger charge is 2.20. The van der Waals surface area contributed by atoms with Crippen molar-refractivity contribution >= 4 is 29.2 Å². The number of methoxy groups -OCH3 is 3. The number of fused-ring (bicyclic) bond motifs is 1. The van der Waals surface area contributed by atoms with E-state index in [4.69, 9.17) is 9.47 Å². The molecule has 2 amide bonds. The number of aromatic nitrogens is 3. The maximum atomic E-state index is 13.8. The molecule has 1 N–H and O–H groups in total. The molecule has 35 heavy (non-hydrogen) atoms. The van der Waals surface area contributed by atoms with Gasteiger partial charge in [-0.15, -0.1) is 0 Å². The Hall–Kier alpha value is -4.51. The van der Waals surface area contributed by atoms with Crippen LogP contribution in [0.2, 0.25) is 0 Å². The first kappa shape index (κ1) is 23.6. The second kappa shape index (κ2) is 10.2. The van der Waals surface area contributed by atoms with Gasteiger partial charge in [-0.25, -0.2) is 19.2 Å².